The third-order valence-electron chi connectivity index (χ3n) is 2.22. The highest BCUT2D eigenvalue weighted by molar-refractivity contribution is 7.12. The molecule has 2 rings (SSSR count). The van der Waals surface area contributed by atoms with Crippen LogP contribution in [0.5, 0.6) is 0 Å². The van der Waals surface area contributed by atoms with Gasteiger partial charge >= 0.3 is 5.97 Å². The van der Waals surface area contributed by atoms with E-state index >= 15 is 0 Å². The maximum Gasteiger partial charge on any atom is 0.355 e. The fourth-order valence-corrected chi connectivity index (χ4v) is 3.17. The predicted molar refractivity (Wildman–Crippen MR) is 74.4 cm³/mol. The number of thiazole rings is 1. The smallest absolute Gasteiger partial charge is 0.355 e. The molecule has 0 bridgehead atoms. The Bertz CT molecular complexity index is 609. The van der Waals surface area contributed by atoms with Crippen molar-refractivity contribution >= 4 is 46.2 Å². The number of rotatable bonds is 5. The SMILES string of the molecule is O=C(O)c1csc(CCNC(=O)c2sccc2Cl)n1. The highest BCUT2D eigenvalue weighted by atomic mass is 35.5. The molecule has 0 aromatic carbocycles. The van der Waals surface area contributed by atoms with E-state index < -0.39 is 5.97 Å². The Morgan fingerprint density at radius 3 is 2.79 bits per heavy atom. The van der Waals surface area contributed by atoms with Gasteiger partial charge in [0.25, 0.3) is 5.91 Å². The second-order valence-corrected chi connectivity index (χ2v) is 5.80. The molecule has 0 spiro atoms. The Morgan fingerprint density at radius 2 is 2.21 bits per heavy atom. The molecule has 8 heteroatoms. The van der Waals surface area contributed by atoms with Crippen molar-refractivity contribution in [1.29, 1.82) is 0 Å². The molecule has 1 amide bonds. The maximum absolute atomic E-state index is 11.7. The van der Waals surface area contributed by atoms with Crippen LogP contribution in [-0.4, -0.2) is 28.5 Å². The van der Waals surface area contributed by atoms with Crippen molar-refractivity contribution in [3.63, 3.8) is 0 Å². The molecule has 0 fully saturated rings. The lowest BCUT2D eigenvalue weighted by atomic mass is 10.4. The summed E-state index contributed by atoms with van der Waals surface area (Å²) in [4.78, 5) is 26.8. The largest absolute Gasteiger partial charge is 0.476 e. The number of carboxylic acids is 1. The molecule has 0 radical (unpaired) electrons. The normalized spacial score (nSPS) is 10.4. The Morgan fingerprint density at radius 1 is 1.42 bits per heavy atom. The fraction of sp³-hybridized carbons (Fsp3) is 0.182. The summed E-state index contributed by atoms with van der Waals surface area (Å²) >= 11 is 8.38. The van der Waals surface area contributed by atoms with Crippen molar-refractivity contribution in [2.75, 3.05) is 6.54 Å². The summed E-state index contributed by atoms with van der Waals surface area (Å²) in [6, 6.07) is 1.67. The molecule has 2 heterocycles. The summed E-state index contributed by atoms with van der Waals surface area (Å²) in [6.45, 7) is 0.389. The minimum atomic E-state index is -1.04. The van der Waals surface area contributed by atoms with Gasteiger partial charge in [-0.2, -0.15) is 0 Å². The average molecular weight is 317 g/mol. The van der Waals surface area contributed by atoms with Crippen LogP contribution < -0.4 is 5.32 Å². The third kappa shape index (κ3) is 3.52. The van der Waals surface area contributed by atoms with Crippen LogP contribution in [0.2, 0.25) is 5.02 Å². The van der Waals surface area contributed by atoms with E-state index in [2.05, 4.69) is 10.3 Å². The van der Waals surface area contributed by atoms with Crippen LogP contribution in [0.3, 0.4) is 0 Å². The van der Waals surface area contributed by atoms with E-state index in [-0.39, 0.29) is 11.6 Å². The van der Waals surface area contributed by atoms with Crippen LogP contribution >= 0.6 is 34.3 Å². The number of aromatic carboxylic acids is 1. The zero-order valence-electron chi connectivity index (χ0n) is 9.55. The van der Waals surface area contributed by atoms with Crippen molar-refractivity contribution in [3.05, 3.63) is 37.4 Å². The van der Waals surface area contributed by atoms with Gasteiger partial charge in [0.05, 0.1) is 10.0 Å². The zero-order chi connectivity index (χ0) is 13.8. The van der Waals surface area contributed by atoms with E-state index in [1.54, 1.807) is 11.4 Å². The monoisotopic (exact) mass is 316 g/mol. The number of nitrogens with one attached hydrogen (secondary N) is 1. The number of amides is 1. The number of hydrogen-bond donors (Lipinski definition) is 2. The van der Waals surface area contributed by atoms with E-state index in [0.29, 0.717) is 27.9 Å². The van der Waals surface area contributed by atoms with Gasteiger partial charge < -0.3 is 10.4 Å². The molecule has 0 aliphatic heterocycles. The number of nitrogens with zero attached hydrogens (tertiary/aromatic N) is 1. The van der Waals surface area contributed by atoms with Crippen molar-refractivity contribution < 1.29 is 14.7 Å². The quantitative estimate of drug-likeness (QED) is 0.888. The zero-order valence-corrected chi connectivity index (χ0v) is 11.9. The lowest BCUT2D eigenvalue weighted by molar-refractivity contribution is 0.0690. The Labute approximate surface area is 121 Å². The first-order valence-corrected chi connectivity index (χ1v) is 7.40. The van der Waals surface area contributed by atoms with E-state index in [1.807, 2.05) is 0 Å². The van der Waals surface area contributed by atoms with Crippen LogP contribution in [0, 0.1) is 0 Å². The standard InChI is InChI=1S/C11H9ClN2O3S2/c12-6-2-4-18-9(6)10(15)13-3-1-8-14-7(5-19-8)11(16)17/h2,4-5H,1,3H2,(H,13,15)(H,16,17). The van der Waals surface area contributed by atoms with Crippen LogP contribution in [0.4, 0.5) is 0 Å². The van der Waals surface area contributed by atoms with Gasteiger partial charge in [0, 0.05) is 18.3 Å². The van der Waals surface area contributed by atoms with Gasteiger partial charge in [-0.1, -0.05) is 11.6 Å². The Kier molecular flexibility index (Phi) is 4.52. The molecule has 0 aliphatic carbocycles. The predicted octanol–water partition coefficient (Wildman–Crippen LogP) is 2.53. The molecular weight excluding hydrogens is 308 g/mol. The molecule has 100 valence electrons. The van der Waals surface area contributed by atoms with Crippen LogP contribution in [0.15, 0.2) is 16.8 Å². The maximum atomic E-state index is 11.7. The second kappa shape index (κ2) is 6.14. The van der Waals surface area contributed by atoms with Gasteiger partial charge in [-0.15, -0.1) is 22.7 Å². The summed E-state index contributed by atoms with van der Waals surface area (Å²) < 4.78 is 0. The average Bonchev–Trinajstić information content (AvgIpc) is 2.97. The summed E-state index contributed by atoms with van der Waals surface area (Å²) in [5.41, 5.74) is 0.0348. The summed E-state index contributed by atoms with van der Waals surface area (Å²) in [6.07, 6.45) is 0.493. The molecule has 0 aliphatic rings. The Hall–Kier alpha value is -1.44. The van der Waals surface area contributed by atoms with Crippen molar-refractivity contribution in [2.24, 2.45) is 0 Å². The molecule has 2 aromatic rings. The number of thiophene rings is 1. The van der Waals surface area contributed by atoms with Crippen molar-refractivity contribution in [1.82, 2.24) is 10.3 Å². The number of aromatic nitrogens is 1. The lowest BCUT2D eigenvalue weighted by Gasteiger charge is -2.02. The molecule has 5 nitrogen and oxygen atoms in total. The first-order valence-electron chi connectivity index (χ1n) is 5.27. The van der Waals surface area contributed by atoms with Gasteiger partial charge in [-0.25, -0.2) is 9.78 Å². The first-order chi connectivity index (χ1) is 9.08. The lowest BCUT2D eigenvalue weighted by Crippen LogP contribution is -2.25. The first kappa shape index (κ1) is 14.0. The van der Waals surface area contributed by atoms with Crippen LogP contribution in [0.1, 0.15) is 25.2 Å². The number of halogens is 1. The van der Waals surface area contributed by atoms with Gasteiger partial charge in [0.2, 0.25) is 0 Å². The molecule has 0 unspecified atom stereocenters. The molecule has 19 heavy (non-hydrogen) atoms. The number of carboxylic acid groups (broad SMARTS) is 1. The van der Waals surface area contributed by atoms with E-state index in [1.165, 1.54) is 28.1 Å². The second-order valence-electron chi connectivity index (χ2n) is 3.54. The van der Waals surface area contributed by atoms with Crippen molar-refractivity contribution in [3.8, 4) is 0 Å². The fourth-order valence-electron chi connectivity index (χ4n) is 1.34. The third-order valence-corrected chi connectivity index (χ3v) is 4.47. The molecule has 0 saturated carbocycles. The van der Waals surface area contributed by atoms with E-state index in [0.717, 1.165) is 0 Å². The highest BCUT2D eigenvalue weighted by Gasteiger charge is 2.12. The highest BCUT2D eigenvalue weighted by Crippen LogP contribution is 2.21. The summed E-state index contributed by atoms with van der Waals surface area (Å²) in [5, 5.41) is 15.8. The minimum absolute atomic E-state index is 0.0348. The Balaban J connectivity index is 1.85. The molecular formula is C11H9ClN2O3S2. The van der Waals surface area contributed by atoms with Gasteiger partial charge in [-0.3, -0.25) is 4.79 Å². The van der Waals surface area contributed by atoms with Crippen molar-refractivity contribution in [2.45, 2.75) is 6.42 Å². The topological polar surface area (TPSA) is 79.3 Å². The van der Waals surface area contributed by atoms with Crippen LogP contribution in [-0.2, 0) is 6.42 Å². The number of carbonyl (C=O) groups excluding carboxylic acids is 1. The van der Waals surface area contributed by atoms with E-state index in [4.69, 9.17) is 16.7 Å². The van der Waals surface area contributed by atoms with Gasteiger partial charge in [0.15, 0.2) is 5.69 Å². The number of carbonyl (C=O) groups is 2. The van der Waals surface area contributed by atoms with E-state index in [9.17, 15) is 9.59 Å². The summed E-state index contributed by atoms with van der Waals surface area (Å²) in [5.74, 6) is -1.27. The molecule has 0 saturated heterocycles. The van der Waals surface area contributed by atoms with Crippen LogP contribution in [0.25, 0.3) is 0 Å². The van der Waals surface area contributed by atoms with Gasteiger partial charge in [0.1, 0.15) is 4.88 Å². The minimum Gasteiger partial charge on any atom is -0.476 e. The molecule has 0 atom stereocenters. The molecule has 2 aromatic heterocycles. The number of hydrogen-bond acceptors (Lipinski definition) is 5. The van der Waals surface area contributed by atoms with Gasteiger partial charge in [-0.05, 0) is 11.4 Å². The summed E-state index contributed by atoms with van der Waals surface area (Å²) in [7, 11) is 0. The molecule has 2 N–H and O–H groups in total.